The predicted molar refractivity (Wildman–Crippen MR) is 63.8 cm³/mol. The molecule has 1 N–H and O–H groups in total. The van der Waals surface area contributed by atoms with Gasteiger partial charge in [0.05, 0.1) is 12.6 Å². The first-order valence-corrected chi connectivity index (χ1v) is 5.60. The molecule has 1 unspecified atom stereocenters. The van der Waals surface area contributed by atoms with Gasteiger partial charge in [-0.3, -0.25) is 0 Å². The SMILES string of the molecule is CC(C)CONC(C)c1ccccc1Cl. The van der Waals surface area contributed by atoms with Gasteiger partial charge in [0.1, 0.15) is 0 Å². The summed E-state index contributed by atoms with van der Waals surface area (Å²) < 4.78 is 0. The third kappa shape index (κ3) is 4.20. The lowest BCUT2D eigenvalue weighted by Gasteiger charge is -2.16. The van der Waals surface area contributed by atoms with E-state index in [0.29, 0.717) is 12.5 Å². The van der Waals surface area contributed by atoms with Crippen LogP contribution in [0.3, 0.4) is 0 Å². The van der Waals surface area contributed by atoms with Crippen LogP contribution in [0.2, 0.25) is 5.02 Å². The molecule has 84 valence electrons. The molecule has 0 amide bonds. The monoisotopic (exact) mass is 227 g/mol. The Balaban J connectivity index is 2.47. The Labute approximate surface area is 96.5 Å². The highest BCUT2D eigenvalue weighted by Crippen LogP contribution is 2.21. The largest absolute Gasteiger partial charge is 0.301 e. The first kappa shape index (κ1) is 12.5. The molecule has 0 aliphatic rings. The van der Waals surface area contributed by atoms with Gasteiger partial charge in [-0.1, -0.05) is 43.6 Å². The van der Waals surface area contributed by atoms with E-state index < -0.39 is 0 Å². The molecule has 0 heterocycles. The first-order chi connectivity index (χ1) is 7.11. The Morgan fingerprint density at radius 3 is 2.53 bits per heavy atom. The maximum absolute atomic E-state index is 6.07. The fourth-order valence-electron chi connectivity index (χ4n) is 1.23. The van der Waals surface area contributed by atoms with E-state index in [1.807, 2.05) is 31.2 Å². The van der Waals surface area contributed by atoms with Gasteiger partial charge >= 0.3 is 0 Å². The Hall–Kier alpha value is -0.570. The van der Waals surface area contributed by atoms with Gasteiger partial charge in [-0.25, -0.2) is 0 Å². The molecule has 0 spiro atoms. The van der Waals surface area contributed by atoms with Gasteiger partial charge in [0, 0.05) is 5.02 Å². The van der Waals surface area contributed by atoms with Gasteiger partial charge in [-0.15, -0.1) is 0 Å². The van der Waals surface area contributed by atoms with E-state index in [1.165, 1.54) is 0 Å². The lowest BCUT2D eigenvalue weighted by molar-refractivity contribution is 0.00411. The minimum Gasteiger partial charge on any atom is -0.301 e. The van der Waals surface area contributed by atoms with Crippen molar-refractivity contribution in [2.24, 2.45) is 5.92 Å². The van der Waals surface area contributed by atoms with E-state index in [0.717, 1.165) is 10.6 Å². The van der Waals surface area contributed by atoms with Crippen LogP contribution in [-0.4, -0.2) is 6.61 Å². The van der Waals surface area contributed by atoms with Crippen LogP contribution in [0, 0.1) is 5.92 Å². The van der Waals surface area contributed by atoms with E-state index in [4.69, 9.17) is 16.4 Å². The summed E-state index contributed by atoms with van der Waals surface area (Å²) in [4.78, 5) is 5.36. The highest BCUT2D eigenvalue weighted by atomic mass is 35.5. The minimum absolute atomic E-state index is 0.109. The van der Waals surface area contributed by atoms with E-state index in [9.17, 15) is 0 Å². The molecule has 3 heteroatoms. The normalized spacial score (nSPS) is 13.1. The highest BCUT2D eigenvalue weighted by Gasteiger charge is 2.08. The van der Waals surface area contributed by atoms with Crippen LogP contribution in [0.1, 0.15) is 32.4 Å². The van der Waals surface area contributed by atoms with Crippen LogP contribution in [-0.2, 0) is 4.84 Å². The smallest absolute Gasteiger partial charge is 0.0705 e. The van der Waals surface area contributed by atoms with E-state index in [-0.39, 0.29) is 6.04 Å². The summed E-state index contributed by atoms with van der Waals surface area (Å²) in [5, 5.41) is 0.769. The van der Waals surface area contributed by atoms with Gasteiger partial charge in [0.2, 0.25) is 0 Å². The molecule has 2 nitrogen and oxygen atoms in total. The topological polar surface area (TPSA) is 21.3 Å². The van der Waals surface area contributed by atoms with Gasteiger partial charge < -0.3 is 4.84 Å². The quantitative estimate of drug-likeness (QED) is 0.777. The summed E-state index contributed by atoms with van der Waals surface area (Å²) in [6.07, 6.45) is 0. The van der Waals surface area contributed by atoms with Crippen molar-refractivity contribution in [1.29, 1.82) is 0 Å². The molecular weight excluding hydrogens is 210 g/mol. The van der Waals surface area contributed by atoms with E-state index in [2.05, 4.69) is 19.3 Å². The van der Waals surface area contributed by atoms with E-state index >= 15 is 0 Å². The molecule has 0 aromatic heterocycles. The maximum atomic E-state index is 6.07. The fourth-order valence-corrected chi connectivity index (χ4v) is 1.53. The van der Waals surface area contributed by atoms with Crippen LogP contribution >= 0.6 is 11.6 Å². The number of hydrogen-bond acceptors (Lipinski definition) is 2. The predicted octanol–water partition coefficient (Wildman–Crippen LogP) is 3.58. The second-order valence-corrected chi connectivity index (χ2v) is 4.47. The van der Waals surface area contributed by atoms with Gasteiger partial charge in [0.15, 0.2) is 0 Å². The van der Waals surface area contributed by atoms with Crippen LogP contribution in [0.5, 0.6) is 0 Å². The third-order valence-electron chi connectivity index (χ3n) is 2.05. The summed E-state index contributed by atoms with van der Waals surface area (Å²) in [6.45, 7) is 6.96. The second-order valence-electron chi connectivity index (χ2n) is 4.07. The van der Waals surface area contributed by atoms with Crippen molar-refractivity contribution in [3.8, 4) is 0 Å². The zero-order valence-electron chi connectivity index (χ0n) is 9.46. The second kappa shape index (κ2) is 6.11. The molecule has 1 aromatic carbocycles. The molecule has 1 aromatic rings. The Morgan fingerprint density at radius 1 is 1.27 bits per heavy atom. The molecule has 0 saturated carbocycles. The number of hydroxylamine groups is 1. The third-order valence-corrected chi connectivity index (χ3v) is 2.39. The number of nitrogens with one attached hydrogen (secondary N) is 1. The molecule has 1 rings (SSSR count). The number of benzene rings is 1. The molecule has 1 atom stereocenters. The van der Waals surface area contributed by atoms with Crippen LogP contribution in [0.4, 0.5) is 0 Å². The molecule has 0 radical (unpaired) electrons. The Morgan fingerprint density at radius 2 is 1.93 bits per heavy atom. The summed E-state index contributed by atoms with van der Waals surface area (Å²) in [5.74, 6) is 0.524. The number of rotatable bonds is 5. The van der Waals surface area contributed by atoms with Crippen molar-refractivity contribution in [2.75, 3.05) is 6.61 Å². The Kier molecular flexibility index (Phi) is 5.09. The zero-order chi connectivity index (χ0) is 11.3. The molecule has 0 aliphatic heterocycles. The lowest BCUT2D eigenvalue weighted by Crippen LogP contribution is -2.21. The molecule has 0 fully saturated rings. The molecule has 0 aliphatic carbocycles. The van der Waals surface area contributed by atoms with E-state index in [1.54, 1.807) is 0 Å². The average molecular weight is 228 g/mol. The summed E-state index contributed by atoms with van der Waals surface area (Å²) in [7, 11) is 0. The summed E-state index contributed by atoms with van der Waals surface area (Å²) in [6, 6.07) is 7.89. The fraction of sp³-hybridized carbons (Fsp3) is 0.500. The molecule has 0 bridgehead atoms. The zero-order valence-corrected chi connectivity index (χ0v) is 10.2. The summed E-state index contributed by atoms with van der Waals surface area (Å²) >= 11 is 6.07. The van der Waals surface area contributed by atoms with Crippen molar-refractivity contribution >= 4 is 11.6 Å². The van der Waals surface area contributed by atoms with Crippen LogP contribution in [0.25, 0.3) is 0 Å². The molecule has 15 heavy (non-hydrogen) atoms. The number of halogens is 1. The minimum atomic E-state index is 0.109. The van der Waals surface area contributed by atoms with Crippen LogP contribution < -0.4 is 5.48 Å². The maximum Gasteiger partial charge on any atom is 0.0705 e. The van der Waals surface area contributed by atoms with Gasteiger partial charge in [-0.2, -0.15) is 5.48 Å². The van der Waals surface area contributed by atoms with Crippen molar-refractivity contribution < 1.29 is 4.84 Å². The standard InChI is InChI=1S/C12H18ClNO/c1-9(2)8-15-14-10(3)11-6-4-5-7-12(11)13/h4-7,9-10,14H,8H2,1-3H3. The van der Waals surface area contributed by atoms with Crippen molar-refractivity contribution in [2.45, 2.75) is 26.8 Å². The van der Waals surface area contributed by atoms with Gasteiger partial charge in [0.25, 0.3) is 0 Å². The molecular formula is C12H18ClNO. The lowest BCUT2D eigenvalue weighted by atomic mass is 10.1. The van der Waals surface area contributed by atoms with Gasteiger partial charge in [-0.05, 0) is 24.5 Å². The average Bonchev–Trinajstić information content (AvgIpc) is 2.17. The Bertz CT molecular complexity index is 301. The number of hydrogen-bond donors (Lipinski definition) is 1. The highest BCUT2D eigenvalue weighted by molar-refractivity contribution is 6.31. The van der Waals surface area contributed by atoms with Crippen molar-refractivity contribution in [1.82, 2.24) is 5.48 Å². The van der Waals surface area contributed by atoms with Crippen molar-refractivity contribution in [3.63, 3.8) is 0 Å². The van der Waals surface area contributed by atoms with Crippen molar-refractivity contribution in [3.05, 3.63) is 34.9 Å². The first-order valence-electron chi connectivity index (χ1n) is 5.23. The summed E-state index contributed by atoms with van der Waals surface area (Å²) in [5.41, 5.74) is 4.04. The molecule has 0 saturated heterocycles. The van der Waals surface area contributed by atoms with Crippen LogP contribution in [0.15, 0.2) is 24.3 Å².